The molecule has 1 unspecified atom stereocenters. The summed E-state index contributed by atoms with van der Waals surface area (Å²) in [7, 11) is 0. The Hall–Kier alpha value is -2.02. The van der Waals surface area contributed by atoms with E-state index in [9.17, 15) is 4.79 Å². The number of nitrogens with one attached hydrogen (secondary N) is 1. The number of halogens is 2. The van der Waals surface area contributed by atoms with Gasteiger partial charge in [-0.1, -0.05) is 78.6 Å². The Morgan fingerprint density at radius 3 is 2.57 bits per heavy atom. The van der Waals surface area contributed by atoms with Gasteiger partial charge < -0.3 is 5.32 Å². The lowest BCUT2D eigenvalue weighted by Gasteiger charge is -2.18. The summed E-state index contributed by atoms with van der Waals surface area (Å²) in [5, 5.41) is 13.5. The van der Waals surface area contributed by atoms with Crippen LogP contribution in [-0.2, 0) is 10.5 Å². The molecule has 158 valence electrons. The lowest BCUT2D eigenvalue weighted by Crippen LogP contribution is -2.31. The third-order valence-electron chi connectivity index (χ3n) is 4.53. The number of hydrogen-bond donors (Lipinski definition) is 1. The van der Waals surface area contributed by atoms with Crippen LogP contribution in [0.3, 0.4) is 0 Å². The molecule has 0 radical (unpaired) electrons. The monoisotopic (exact) mass is 462 g/mol. The number of carbonyl (C=O) groups excluding carboxylic acids is 1. The molecule has 3 rings (SSSR count). The van der Waals surface area contributed by atoms with Crippen LogP contribution in [0.2, 0.25) is 10.0 Å². The average Bonchev–Trinajstić information content (AvgIpc) is 3.10. The predicted octanol–water partition coefficient (Wildman–Crippen LogP) is 6.01. The van der Waals surface area contributed by atoms with Gasteiger partial charge in [0.15, 0.2) is 11.0 Å². The summed E-state index contributed by atoms with van der Waals surface area (Å²) in [6, 6.07) is 13.3. The number of aromatic nitrogens is 3. The van der Waals surface area contributed by atoms with E-state index in [0.717, 1.165) is 11.4 Å². The lowest BCUT2D eigenvalue weighted by molar-refractivity contribution is -0.124. The first-order valence-electron chi connectivity index (χ1n) is 9.65. The number of benzene rings is 2. The maximum absolute atomic E-state index is 12.2. The van der Waals surface area contributed by atoms with Crippen LogP contribution >= 0.6 is 35.0 Å². The Morgan fingerprint density at radius 2 is 1.90 bits per heavy atom. The van der Waals surface area contributed by atoms with Gasteiger partial charge in [-0.3, -0.25) is 9.36 Å². The smallest absolute Gasteiger partial charge is 0.223 e. The second kappa shape index (κ2) is 9.86. The third-order valence-corrected chi connectivity index (χ3v) is 6.07. The molecule has 0 aliphatic heterocycles. The molecule has 0 saturated carbocycles. The number of thioether (sulfide) groups is 1. The molecule has 1 aromatic heterocycles. The first-order chi connectivity index (χ1) is 14.3. The molecule has 0 bridgehead atoms. The van der Waals surface area contributed by atoms with Crippen molar-refractivity contribution in [1.29, 1.82) is 0 Å². The van der Waals surface area contributed by atoms with Crippen LogP contribution in [-0.4, -0.2) is 20.7 Å². The van der Waals surface area contributed by atoms with E-state index >= 15 is 0 Å². The number of hydrogen-bond acceptors (Lipinski definition) is 4. The fourth-order valence-corrected chi connectivity index (χ4v) is 4.33. The van der Waals surface area contributed by atoms with Crippen LogP contribution in [0.25, 0.3) is 5.69 Å². The third kappa shape index (κ3) is 5.36. The Balaban J connectivity index is 1.97. The molecule has 0 fully saturated rings. The summed E-state index contributed by atoms with van der Waals surface area (Å²) < 4.78 is 1.89. The topological polar surface area (TPSA) is 59.8 Å². The van der Waals surface area contributed by atoms with Gasteiger partial charge in [0.05, 0.1) is 16.8 Å². The SMILES string of the molecule is Cc1cccc(CSc2nnc(C(C)NC(=O)C(C)C)n2-c2ccc(Cl)cc2Cl)c1. The van der Waals surface area contributed by atoms with Crippen LogP contribution in [0.1, 0.15) is 43.8 Å². The molecule has 0 aliphatic carbocycles. The van der Waals surface area contributed by atoms with Crippen molar-refractivity contribution in [3.05, 3.63) is 69.5 Å². The highest BCUT2D eigenvalue weighted by atomic mass is 35.5. The zero-order valence-corrected chi connectivity index (χ0v) is 19.6. The highest BCUT2D eigenvalue weighted by molar-refractivity contribution is 7.98. The van der Waals surface area contributed by atoms with E-state index in [-0.39, 0.29) is 17.9 Å². The molecular weight excluding hydrogens is 439 g/mol. The van der Waals surface area contributed by atoms with Gasteiger partial charge in [0.1, 0.15) is 0 Å². The molecule has 1 atom stereocenters. The maximum Gasteiger partial charge on any atom is 0.223 e. The normalized spacial score (nSPS) is 12.2. The van der Waals surface area contributed by atoms with E-state index in [4.69, 9.17) is 23.2 Å². The number of amides is 1. The summed E-state index contributed by atoms with van der Waals surface area (Å²) in [6.45, 7) is 7.67. The molecule has 5 nitrogen and oxygen atoms in total. The summed E-state index contributed by atoms with van der Waals surface area (Å²) in [5.74, 6) is 1.17. The molecular formula is C22H24Cl2N4OS. The quantitative estimate of drug-likeness (QED) is 0.436. The van der Waals surface area contributed by atoms with E-state index in [2.05, 4.69) is 40.6 Å². The molecule has 1 N–H and O–H groups in total. The summed E-state index contributed by atoms with van der Waals surface area (Å²) in [6.07, 6.45) is 0. The molecule has 8 heteroatoms. The molecule has 1 amide bonds. The van der Waals surface area contributed by atoms with Crippen molar-refractivity contribution in [2.45, 2.75) is 44.6 Å². The van der Waals surface area contributed by atoms with Crippen molar-refractivity contribution >= 4 is 40.9 Å². The van der Waals surface area contributed by atoms with Gasteiger partial charge in [-0.15, -0.1) is 10.2 Å². The summed E-state index contributed by atoms with van der Waals surface area (Å²) in [5.41, 5.74) is 3.12. The number of carbonyl (C=O) groups is 1. The Bertz CT molecular complexity index is 1050. The average molecular weight is 463 g/mol. The minimum atomic E-state index is -0.340. The second-order valence-electron chi connectivity index (χ2n) is 7.43. The predicted molar refractivity (Wildman–Crippen MR) is 124 cm³/mol. The highest BCUT2D eigenvalue weighted by Crippen LogP contribution is 2.32. The van der Waals surface area contributed by atoms with Gasteiger partial charge in [0.2, 0.25) is 5.91 Å². The van der Waals surface area contributed by atoms with Crippen molar-refractivity contribution in [3.8, 4) is 5.69 Å². The highest BCUT2D eigenvalue weighted by Gasteiger charge is 2.23. The second-order valence-corrected chi connectivity index (χ2v) is 9.22. The van der Waals surface area contributed by atoms with Gasteiger partial charge in [0.25, 0.3) is 0 Å². The van der Waals surface area contributed by atoms with Crippen LogP contribution in [0, 0.1) is 12.8 Å². The maximum atomic E-state index is 12.2. The van der Waals surface area contributed by atoms with Crippen LogP contribution < -0.4 is 5.32 Å². The van der Waals surface area contributed by atoms with E-state index in [0.29, 0.717) is 21.0 Å². The van der Waals surface area contributed by atoms with Crippen LogP contribution in [0.15, 0.2) is 47.6 Å². The summed E-state index contributed by atoms with van der Waals surface area (Å²) in [4.78, 5) is 12.2. The molecule has 2 aromatic carbocycles. The first-order valence-corrected chi connectivity index (χ1v) is 11.4. The van der Waals surface area contributed by atoms with Crippen molar-refractivity contribution in [2.75, 3.05) is 0 Å². The number of aryl methyl sites for hydroxylation is 1. The molecule has 0 aliphatic rings. The lowest BCUT2D eigenvalue weighted by atomic mass is 10.2. The fraction of sp³-hybridized carbons (Fsp3) is 0.318. The van der Waals surface area contributed by atoms with Gasteiger partial charge >= 0.3 is 0 Å². The fourth-order valence-electron chi connectivity index (χ4n) is 2.94. The van der Waals surface area contributed by atoms with Crippen molar-refractivity contribution in [2.24, 2.45) is 5.92 Å². The molecule has 0 spiro atoms. The van der Waals surface area contributed by atoms with Crippen LogP contribution in [0.4, 0.5) is 0 Å². The summed E-state index contributed by atoms with van der Waals surface area (Å²) >= 11 is 14.2. The van der Waals surface area contributed by atoms with Gasteiger partial charge in [-0.25, -0.2) is 0 Å². The zero-order valence-electron chi connectivity index (χ0n) is 17.3. The molecule has 30 heavy (non-hydrogen) atoms. The number of nitrogens with zero attached hydrogens (tertiary/aromatic N) is 3. The van der Waals surface area contributed by atoms with Gasteiger partial charge in [-0.05, 0) is 37.6 Å². The molecule has 1 heterocycles. The Morgan fingerprint density at radius 1 is 1.13 bits per heavy atom. The first kappa shape index (κ1) is 22.7. The van der Waals surface area contributed by atoms with E-state index in [1.807, 2.05) is 37.5 Å². The van der Waals surface area contributed by atoms with Crippen molar-refractivity contribution in [3.63, 3.8) is 0 Å². The minimum Gasteiger partial charge on any atom is -0.346 e. The van der Waals surface area contributed by atoms with Gasteiger partial charge in [-0.2, -0.15) is 0 Å². The minimum absolute atomic E-state index is 0.0479. The molecule has 3 aromatic rings. The Kier molecular flexibility index (Phi) is 7.45. The largest absolute Gasteiger partial charge is 0.346 e. The van der Waals surface area contributed by atoms with Crippen molar-refractivity contribution in [1.82, 2.24) is 20.1 Å². The van der Waals surface area contributed by atoms with Gasteiger partial charge in [0, 0.05) is 16.7 Å². The molecule has 0 saturated heterocycles. The van der Waals surface area contributed by atoms with Crippen LogP contribution in [0.5, 0.6) is 0 Å². The van der Waals surface area contributed by atoms with E-state index < -0.39 is 0 Å². The van der Waals surface area contributed by atoms with E-state index in [1.165, 1.54) is 11.1 Å². The number of rotatable bonds is 7. The van der Waals surface area contributed by atoms with Crippen molar-refractivity contribution < 1.29 is 4.79 Å². The standard InChI is InChI=1S/C22H24Cl2N4OS/c1-13(2)21(29)25-15(4)20-26-27-22(30-12-16-7-5-6-14(3)10-16)28(20)19-9-8-17(23)11-18(19)24/h5-11,13,15H,12H2,1-4H3,(H,25,29). The zero-order chi connectivity index (χ0) is 21.8. The van der Waals surface area contributed by atoms with E-state index in [1.54, 1.807) is 23.9 Å². The Labute approximate surface area is 191 Å².